The van der Waals surface area contributed by atoms with E-state index in [0.29, 0.717) is 26.3 Å². The van der Waals surface area contributed by atoms with E-state index in [1.807, 2.05) is 11.8 Å². The first-order valence-corrected chi connectivity index (χ1v) is 7.15. The van der Waals surface area contributed by atoms with Gasteiger partial charge in [-0.1, -0.05) is 18.2 Å². The Hall–Kier alpha value is -0.980. The zero-order valence-corrected chi connectivity index (χ0v) is 13.0. The summed E-state index contributed by atoms with van der Waals surface area (Å²) in [5, 5.41) is 19.9. The molecule has 0 bridgehead atoms. The zero-order chi connectivity index (χ0) is 16.1. The summed E-state index contributed by atoms with van der Waals surface area (Å²) >= 11 is 0. The van der Waals surface area contributed by atoms with Crippen LogP contribution in [0.15, 0.2) is 38.0 Å². The second-order valence-corrected chi connectivity index (χ2v) is 4.89. The normalized spacial score (nSPS) is 15.4. The minimum Gasteiger partial charge on any atom is -0.389 e. The van der Waals surface area contributed by atoms with Crippen molar-refractivity contribution in [2.45, 2.75) is 25.2 Å². The molecule has 0 aliphatic carbocycles. The van der Waals surface area contributed by atoms with Crippen molar-refractivity contribution in [1.82, 2.24) is 4.90 Å². The molecule has 0 heterocycles. The van der Waals surface area contributed by atoms with E-state index in [-0.39, 0.29) is 19.3 Å². The summed E-state index contributed by atoms with van der Waals surface area (Å²) in [6.45, 7) is 14.9. The smallest absolute Gasteiger partial charge is 0.0900 e. The van der Waals surface area contributed by atoms with E-state index in [0.717, 1.165) is 0 Å². The van der Waals surface area contributed by atoms with Gasteiger partial charge in [-0.15, -0.1) is 19.7 Å². The van der Waals surface area contributed by atoms with Crippen molar-refractivity contribution >= 4 is 0 Å². The average Bonchev–Trinajstić information content (AvgIpc) is 2.46. The van der Waals surface area contributed by atoms with Crippen LogP contribution in [0.5, 0.6) is 0 Å². The minimum atomic E-state index is -0.631. The molecule has 5 heteroatoms. The quantitative estimate of drug-likeness (QED) is 0.370. The first-order chi connectivity index (χ1) is 10.0. The van der Waals surface area contributed by atoms with Gasteiger partial charge < -0.3 is 19.7 Å². The number of ether oxygens (including phenoxy) is 2. The number of hydrogen-bond donors (Lipinski definition) is 2. The molecular weight excluding hydrogens is 270 g/mol. The fraction of sp³-hybridized carbons (Fsp3) is 0.625. The Kier molecular flexibility index (Phi) is 12.1. The van der Waals surface area contributed by atoms with E-state index in [2.05, 4.69) is 19.7 Å². The summed E-state index contributed by atoms with van der Waals surface area (Å²) in [6, 6.07) is 0.0353. The Morgan fingerprint density at radius 2 is 1.38 bits per heavy atom. The predicted octanol–water partition coefficient (Wildman–Crippen LogP) is 0.990. The molecule has 0 rings (SSSR count). The summed E-state index contributed by atoms with van der Waals surface area (Å²) in [5.74, 6) is 0. The van der Waals surface area contributed by atoms with E-state index in [9.17, 15) is 10.2 Å². The molecule has 0 aliphatic rings. The molecule has 5 nitrogen and oxygen atoms in total. The van der Waals surface area contributed by atoms with Crippen molar-refractivity contribution < 1.29 is 19.7 Å². The van der Waals surface area contributed by atoms with Gasteiger partial charge in [0, 0.05) is 19.1 Å². The Morgan fingerprint density at radius 1 is 0.952 bits per heavy atom. The van der Waals surface area contributed by atoms with Crippen LogP contribution in [0.1, 0.15) is 6.92 Å². The van der Waals surface area contributed by atoms with Crippen molar-refractivity contribution in [3.05, 3.63) is 38.0 Å². The number of hydrogen-bond acceptors (Lipinski definition) is 5. The van der Waals surface area contributed by atoms with Crippen LogP contribution >= 0.6 is 0 Å². The van der Waals surface area contributed by atoms with Crippen LogP contribution in [0.2, 0.25) is 0 Å². The van der Waals surface area contributed by atoms with Gasteiger partial charge in [0.15, 0.2) is 0 Å². The molecule has 0 aromatic carbocycles. The summed E-state index contributed by atoms with van der Waals surface area (Å²) in [4.78, 5) is 1.94. The van der Waals surface area contributed by atoms with Gasteiger partial charge in [0.2, 0.25) is 0 Å². The molecule has 0 saturated carbocycles. The highest BCUT2D eigenvalue weighted by Gasteiger charge is 2.19. The average molecular weight is 299 g/mol. The standard InChI is InChI=1S/C16H29NO4/c1-5-8-20-12-15(18)10-17(14(4)7-3)11-16(19)13-21-9-6-2/h5-7,14-16,18-19H,1-3,8-13H2,4H3. The fourth-order valence-electron chi connectivity index (χ4n) is 1.78. The molecule has 0 spiro atoms. The molecular formula is C16H29NO4. The van der Waals surface area contributed by atoms with Gasteiger partial charge >= 0.3 is 0 Å². The molecule has 0 amide bonds. The van der Waals surface area contributed by atoms with Crippen molar-refractivity contribution in [2.75, 3.05) is 39.5 Å². The zero-order valence-electron chi connectivity index (χ0n) is 13.0. The van der Waals surface area contributed by atoms with Crippen molar-refractivity contribution in [3.63, 3.8) is 0 Å². The van der Waals surface area contributed by atoms with Crippen molar-refractivity contribution in [1.29, 1.82) is 0 Å². The molecule has 0 aromatic heterocycles. The lowest BCUT2D eigenvalue weighted by Gasteiger charge is -2.30. The largest absolute Gasteiger partial charge is 0.389 e. The lowest BCUT2D eigenvalue weighted by Crippen LogP contribution is -2.44. The van der Waals surface area contributed by atoms with E-state index < -0.39 is 12.2 Å². The van der Waals surface area contributed by atoms with Gasteiger partial charge in [-0.25, -0.2) is 0 Å². The molecule has 0 aliphatic heterocycles. The number of nitrogens with zero attached hydrogens (tertiary/aromatic N) is 1. The number of rotatable bonds is 14. The Bertz CT molecular complexity index is 274. The van der Waals surface area contributed by atoms with Crippen molar-refractivity contribution in [3.8, 4) is 0 Å². The van der Waals surface area contributed by atoms with Gasteiger partial charge in [0.1, 0.15) is 0 Å². The lowest BCUT2D eigenvalue weighted by atomic mass is 10.2. The van der Waals surface area contributed by atoms with Gasteiger partial charge in [-0.05, 0) is 6.92 Å². The molecule has 0 aromatic rings. The van der Waals surface area contributed by atoms with E-state index in [1.165, 1.54) is 0 Å². The molecule has 3 atom stereocenters. The number of aliphatic hydroxyl groups is 2. The first-order valence-electron chi connectivity index (χ1n) is 7.15. The third kappa shape index (κ3) is 10.4. The van der Waals surface area contributed by atoms with Crippen LogP contribution in [-0.2, 0) is 9.47 Å². The molecule has 0 fully saturated rings. The predicted molar refractivity (Wildman–Crippen MR) is 85.3 cm³/mol. The molecule has 3 unspecified atom stereocenters. The molecule has 122 valence electrons. The fourth-order valence-corrected chi connectivity index (χ4v) is 1.78. The Balaban J connectivity index is 4.27. The summed E-state index contributed by atoms with van der Waals surface area (Å²) in [7, 11) is 0. The van der Waals surface area contributed by atoms with Crippen LogP contribution in [0.3, 0.4) is 0 Å². The van der Waals surface area contributed by atoms with E-state index >= 15 is 0 Å². The molecule has 21 heavy (non-hydrogen) atoms. The lowest BCUT2D eigenvalue weighted by molar-refractivity contribution is -0.00794. The van der Waals surface area contributed by atoms with Gasteiger partial charge in [0.25, 0.3) is 0 Å². The summed E-state index contributed by atoms with van der Waals surface area (Å²) in [5.41, 5.74) is 0. The van der Waals surface area contributed by atoms with Crippen LogP contribution in [0.4, 0.5) is 0 Å². The third-order valence-electron chi connectivity index (χ3n) is 2.90. The maximum absolute atomic E-state index is 9.96. The first kappa shape index (κ1) is 20.0. The molecule has 0 saturated heterocycles. The van der Waals surface area contributed by atoms with Gasteiger partial charge in [-0.3, -0.25) is 4.90 Å². The van der Waals surface area contributed by atoms with E-state index in [1.54, 1.807) is 18.2 Å². The molecule has 2 N–H and O–H groups in total. The third-order valence-corrected chi connectivity index (χ3v) is 2.90. The Morgan fingerprint density at radius 3 is 1.71 bits per heavy atom. The topological polar surface area (TPSA) is 62.2 Å². The highest BCUT2D eigenvalue weighted by Crippen LogP contribution is 2.05. The maximum atomic E-state index is 9.96. The van der Waals surface area contributed by atoms with Crippen LogP contribution < -0.4 is 0 Å². The van der Waals surface area contributed by atoms with Gasteiger partial charge in [-0.2, -0.15) is 0 Å². The summed E-state index contributed by atoms with van der Waals surface area (Å²) in [6.07, 6.45) is 3.78. The van der Waals surface area contributed by atoms with Crippen LogP contribution in [0, 0.1) is 0 Å². The SMILES string of the molecule is C=CCOCC(O)CN(CC(O)COCC=C)C(C)C=C. The number of aliphatic hydroxyl groups excluding tert-OH is 2. The second-order valence-electron chi connectivity index (χ2n) is 4.89. The van der Waals surface area contributed by atoms with Crippen LogP contribution in [-0.4, -0.2) is 72.9 Å². The summed E-state index contributed by atoms with van der Waals surface area (Å²) < 4.78 is 10.4. The van der Waals surface area contributed by atoms with Crippen molar-refractivity contribution in [2.24, 2.45) is 0 Å². The minimum absolute atomic E-state index is 0.0353. The Labute approximate surface area is 128 Å². The monoisotopic (exact) mass is 299 g/mol. The van der Waals surface area contributed by atoms with Crippen LogP contribution in [0.25, 0.3) is 0 Å². The van der Waals surface area contributed by atoms with Gasteiger partial charge in [0.05, 0.1) is 38.6 Å². The molecule has 0 radical (unpaired) electrons. The highest BCUT2D eigenvalue weighted by atomic mass is 16.5. The second kappa shape index (κ2) is 12.7. The maximum Gasteiger partial charge on any atom is 0.0900 e. The van der Waals surface area contributed by atoms with E-state index in [4.69, 9.17) is 9.47 Å². The highest BCUT2D eigenvalue weighted by molar-refractivity contribution is 4.86.